The van der Waals surface area contributed by atoms with Gasteiger partial charge >= 0.3 is 0 Å². The van der Waals surface area contributed by atoms with E-state index < -0.39 is 0 Å². The van der Waals surface area contributed by atoms with Crippen LogP contribution in [0.25, 0.3) is 10.9 Å². The maximum atomic E-state index is 12.2. The highest BCUT2D eigenvalue weighted by molar-refractivity contribution is 8.00. The number of pyridine rings is 1. The van der Waals surface area contributed by atoms with E-state index in [2.05, 4.69) is 36.5 Å². The lowest BCUT2D eigenvalue weighted by Gasteiger charge is -2.10. The van der Waals surface area contributed by atoms with E-state index in [0.717, 1.165) is 39.2 Å². The summed E-state index contributed by atoms with van der Waals surface area (Å²) in [6, 6.07) is 16.3. The molecule has 0 fully saturated rings. The van der Waals surface area contributed by atoms with Gasteiger partial charge in [-0.25, -0.2) is 4.98 Å². The Morgan fingerprint density at radius 2 is 1.88 bits per heavy atom. The number of aryl methyl sites for hydroxylation is 3. The van der Waals surface area contributed by atoms with Gasteiger partial charge in [0.1, 0.15) is 5.03 Å². The highest BCUT2D eigenvalue weighted by atomic mass is 32.2. The topological polar surface area (TPSA) is 42.0 Å². The predicted molar refractivity (Wildman–Crippen MR) is 106 cm³/mol. The number of thioether (sulfide) groups is 1. The third kappa shape index (κ3) is 4.20. The van der Waals surface area contributed by atoms with Crippen LogP contribution >= 0.6 is 11.8 Å². The average molecular weight is 350 g/mol. The Labute approximate surface area is 152 Å². The van der Waals surface area contributed by atoms with Gasteiger partial charge in [-0.05, 0) is 61.2 Å². The molecule has 0 radical (unpaired) electrons. The molecule has 0 spiro atoms. The van der Waals surface area contributed by atoms with Gasteiger partial charge in [-0.1, -0.05) is 43.0 Å². The van der Waals surface area contributed by atoms with Gasteiger partial charge < -0.3 is 5.32 Å². The van der Waals surface area contributed by atoms with Gasteiger partial charge in [-0.3, -0.25) is 4.79 Å². The third-order valence-corrected chi connectivity index (χ3v) is 5.28. The van der Waals surface area contributed by atoms with Crippen molar-refractivity contribution in [1.82, 2.24) is 4.98 Å². The highest BCUT2D eigenvalue weighted by Gasteiger charge is 2.09. The van der Waals surface area contributed by atoms with Gasteiger partial charge in [0.05, 0.1) is 11.3 Å². The molecular weight excluding hydrogens is 328 g/mol. The van der Waals surface area contributed by atoms with Crippen molar-refractivity contribution in [3.63, 3.8) is 0 Å². The molecule has 3 rings (SSSR count). The number of para-hydroxylation sites is 1. The molecule has 0 aliphatic carbocycles. The van der Waals surface area contributed by atoms with Crippen molar-refractivity contribution in [2.24, 2.45) is 0 Å². The van der Waals surface area contributed by atoms with E-state index in [4.69, 9.17) is 4.98 Å². The maximum absolute atomic E-state index is 12.2. The minimum atomic E-state index is -0.0121. The number of nitrogens with one attached hydrogen (secondary N) is 1. The molecule has 0 atom stereocenters. The normalized spacial score (nSPS) is 10.8. The fourth-order valence-electron chi connectivity index (χ4n) is 2.71. The second-order valence-electron chi connectivity index (χ2n) is 6.14. The zero-order valence-electron chi connectivity index (χ0n) is 14.8. The third-order valence-electron chi connectivity index (χ3n) is 4.19. The molecule has 0 saturated carbocycles. The summed E-state index contributed by atoms with van der Waals surface area (Å²) in [5, 5.41) is 5.04. The quantitative estimate of drug-likeness (QED) is 0.648. The number of carbonyl (C=O) groups excluding carboxylic acids is 1. The van der Waals surface area contributed by atoms with Gasteiger partial charge in [0, 0.05) is 11.1 Å². The number of fused-ring (bicyclic) bond motifs is 1. The van der Waals surface area contributed by atoms with Gasteiger partial charge in [0.2, 0.25) is 5.91 Å². The van der Waals surface area contributed by atoms with Crippen LogP contribution in [-0.2, 0) is 11.2 Å². The summed E-state index contributed by atoms with van der Waals surface area (Å²) in [7, 11) is 0. The minimum Gasteiger partial charge on any atom is -0.325 e. The first-order valence-corrected chi connectivity index (χ1v) is 9.44. The van der Waals surface area contributed by atoms with Crippen molar-refractivity contribution in [3.8, 4) is 0 Å². The van der Waals surface area contributed by atoms with Crippen LogP contribution in [0.2, 0.25) is 0 Å². The number of benzene rings is 2. The predicted octanol–water partition coefficient (Wildman–Crippen LogP) is 5.14. The van der Waals surface area contributed by atoms with Crippen LogP contribution in [-0.4, -0.2) is 16.6 Å². The van der Waals surface area contributed by atoms with Crippen molar-refractivity contribution in [2.45, 2.75) is 32.2 Å². The molecule has 0 aliphatic rings. The Balaban J connectivity index is 1.71. The van der Waals surface area contributed by atoms with Crippen LogP contribution in [0, 0.1) is 13.8 Å². The van der Waals surface area contributed by atoms with E-state index in [0.29, 0.717) is 5.75 Å². The Hall–Kier alpha value is -2.33. The van der Waals surface area contributed by atoms with Gasteiger partial charge in [-0.2, -0.15) is 0 Å². The number of anilines is 1. The number of aromatic nitrogens is 1. The molecule has 128 valence electrons. The molecule has 3 nitrogen and oxygen atoms in total. The summed E-state index contributed by atoms with van der Waals surface area (Å²) in [4.78, 5) is 17.0. The lowest BCUT2D eigenvalue weighted by Crippen LogP contribution is -2.15. The van der Waals surface area contributed by atoms with Crippen molar-refractivity contribution >= 4 is 34.3 Å². The molecule has 0 bridgehead atoms. The SMILES string of the molecule is CCc1ccc2nc(SCC(=O)Nc3ccccc3C)c(C)cc2c1. The molecule has 0 unspecified atom stereocenters. The molecule has 0 saturated heterocycles. The zero-order valence-corrected chi connectivity index (χ0v) is 15.6. The molecule has 1 N–H and O–H groups in total. The molecule has 1 heterocycles. The summed E-state index contributed by atoms with van der Waals surface area (Å²) >= 11 is 1.48. The number of hydrogen-bond donors (Lipinski definition) is 1. The monoisotopic (exact) mass is 350 g/mol. The second-order valence-corrected chi connectivity index (χ2v) is 7.11. The number of hydrogen-bond acceptors (Lipinski definition) is 3. The van der Waals surface area contributed by atoms with Crippen LogP contribution in [0.1, 0.15) is 23.6 Å². The number of nitrogens with zero attached hydrogens (tertiary/aromatic N) is 1. The molecule has 4 heteroatoms. The highest BCUT2D eigenvalue weighted by Crippen LogP contribution is 2.25. The zero-order chi connectivity index (χ0) is 17.8. The molecule has 25 heavy (non-hydrogen) atoms. The Morgan fingerprint density at radius 3 is 2.64 bits per heavy atom. The lowest BCUT2D eigenvalue weighted by molar-refractivity contribution is -0.113. The van der Waals surface area contributed by atoms with Crippen LogP contribution in [0.4, 0.5) is 5.69 Å². The molecule has 1 aromatic heterocycles. The fraction of sp³-hybridized carbons (Fsp3) is 0.238. The summed E-state index contributed by atoms with van der Waals surface area (Å²) in [6.45, 7) is 6.19. The number of rotatable bonds is 5. The summed E-state index contributed by atoms with van der Waals surface area (Å²) < 4.78 is 0. The summed E-state index contributed by atoms with van der Waals surface area (Å²) in [6.07, 6.45) is 1.02. The van der Waals surface area contributed by atoms with E-state index in [-0.39, 0.29) is 5.91 Å². The first kappa shape index (κ1) is 17.5. The van der Waals surface area contributed by atoms with E-state index in [1.807, 2.05) is 38.1 Å². The van der Waals surface area contributed by atoms with Crippen LogP contribution in [0.3, 0.4) is 0 Å². The van der Waals surface area contributed by atoms with Crippen LogP contribution < -0.4 is 5.32 Å². The largest absolute Gasteiger partial charge is 0.325 e. The Morgan fingerprint density at radius 1 is 1.08 bits per heavy atom. The maximum Gasteiger partial charge on any atom is 0.234 e. The molecular formula is C21H22N2OS. The lowest BCUT2D eigenvalue weighted by atomic mass is 10.1. The molecule has 1 amide bonds. The van der Waals surface area contributed by atoms with E-state index in [9.17, 15) is 4.79 Å². The smallest absolute Gasteiger partial charge is 0.234 e. The minimum absolute atomic E-state index is 0.0121. The van der Waals surface area contributed by atoms with Crippen molar-refractivity contribution in [2.75, 3.05) is 11.1 Å². The van der Waals surface area contributed by atoms with Crippen molar-refractivity contribution in [3.05, 3.63) is 65.2 Å². The van der Waals surface area contributed by atoms with Crippen molar-refractivity contribution < 1.29 is 4.79 Å². The second kappa shape index (κ2) is 7.70. The van der Waals surface area contributed by atoms with Gasteiger partial charge in [0.15, 0.2) is 0 Å². The Kier molecular flexibility index (Phi) is 5.39. The molecule has 2 aromatic carbocycles. The summed E-state index contributed by atoms with van der Waals surface area (Å²) in [5.41, 5.74) is 5.32. The first-order chi connectivity index (χ1) is 12.1. The molecule has 3 aromatic rings. The van der Waals surface area contributed by atoms with E-state index >= 15 is 0 Å². The van der Waals surface area contributed by atoms with Crippen molar-refractivity contribution in [1.29, 1.82) is 0 Å². The fourth-order valence-corrected chi connectivity index (χ4v) is 3.50. The number of carbonyl (C=O) groups is 1. The molecule has 0 aliphatic heterocycles. The standard InChI is InChI=1S/C21H22N2OS/c1-4-16-9-10-19-17(12-16)11-15(3)21(23-19)25-13-20(24)22-18-8-6-5-7-14(18)2/h5-12H,4,13H2,1-3H3,(H,22,24). The van der Waals surface area contributed by atoms with Crippen LogP contribution in [0.15, 0.2) is 53.6 Å². The van der Waals surface area contributed by atoms with Gasteiger partial charge in [-0.15, -0.1) is 0 Å². The number of amides is 1. The van der Waals surface area contributed by atoms with Gasteiger partial charge in [0.25, 0.3) is 0 Å². The van der Waals surface area contributed by atoms with E-state index in [1.165, 1.54) is 17.3 Å². The Bertz CT molecular complexity index is 921. The summed E-state index contributed by atoms with van der Waals surface area (Å²) in [5.74, 6) is 0.336. The van der Waals surface area contributed by atoms with E-state index in [1.54, 1.807) is 0 Å². The van der Waals surface area contributed by atoms with Crippen LogP contribution in [0.5, 0.6) is 0 Å². The first-order valence-electron chi connectivity index (χ1n) is 8.45. The average Bonchev–Trinajstić information content (AvgIpc) is 2.61.